The van der Waals surface area contributed by atoms with Crippen molar-refractivity contribution in [1.82, 2.24) is 0 Å². The Bertz CT molecular complexity index is 335. The van der Waals surface area contributed by atoms with Crippen molar-refractivity contribution >= 4 is 5.97 Å². The van der Waals surface area contributed by atoms with Crippen molar-refractivity contribution in [2.75, 3.05) is 7.11 Å². The summed E-state index contributed by atoms with van der Waals surface area (Å²) < 4.78 is 46.1. The Morgan fingerprint density at radius 2 is 2.12 bits per heavy atom. The van der Waals surface area contributed by atoms with Gasteiger partial charge in [0.15, 0.2) is 6.10 Å². The van der Waals surface area contributed by atoms with Gasteiger partial charge >= 0.3 is 12.1 Å². The van der Waals surface area contributed by atoms with E-state index in [1.54, 1.807) is 6.92 Å². The van der Waals surface area contributed by atoms with Crippen molar-refractivity contribution in [1.29, 1.82) is 0 Å². The van der Waals surface area contributed by atoms with Crippen LogP contribution in [0.5, 0.6) is 0 Å². The number of halogens is 3. The van der Waals surface area contributed by atoms with Gasteiger partial charge in [-0.2, -0.15) is 13.2 Å². The highest BCUT2D eigenvalue weighted by molar-refractivity contribution is 5.79. The number of carbonyl (C=O) groups excluding carboxylic acids is 1. The lowest BCUT2D eigenvalue weighted by Gasteiger charge is -2.07. The smallest absolute Gasteiger partial charge is 0.412 e. The third-order valence-corrected chi connectivity index (χ3v) is 2.84. The molecule has 0 spiro atoms. The maximum absolute atomic E-state index is 12.2. The van der Waals surface area contributed by atoms with E-state index >= 15 is 0 Å². The summed E-state index contributed by atoms with van der Waals surface area (Å²) >= 11 is 0. The van der Waals surface area contributed by atoms with E-state index in [9.17, 15) is 18.0 Å². The number of methoxy groups -OCH3 is 1. The second-order valence-corrected chi connectivity index (χ2v) is 4.26. The average molecular weight is 252 g/mol. The molecule has 1 heterocycles. The lowest BCUT2D eigenvalue weighted by molar-refractivity contribution is -0.142. The fraction of sp³-hybridized carbons (Fsp3) is 0.727. The molecule has 0 amide bonds. The Kier molecular flexibility index (Phi) is 3.86. The van der Waals surface area contributed by atoms with E-state index in [0.29, 0.717) is 6.42 Å². The topological polar surface area (TPSA) is 38.8 Å². The summed E-state index contributed by atoms with van der Waals surface area (Å²) in [7, 11) is 1.25. The van der Waals surface area contributed by atoms with Crippen LogP contribution in [0.1, 0.15) is 26.7 Å². The van der Waals surface area contributed by atoms with Crippen LogP contribution in [-0.4, -0.2) is 31.0 Å². The fourth-order valence-electron chi connectivity index (χ4n) is 1.52. The minimum absolute atomic E-state index is 0.218. The number of ether oxygens (including phenoxy) is 2. The molecule has 0 aliphatic carbocycles. The Morgan fingerprint density at radius 1 is 1.53 bits per heavy atom. The van der Waals surface area contributed by atoms with E-state index in [2.05, 4.69) is 4.74 Å². The van der Waals surface area contributed by atoms with E-state index in [0.717, 1.165) is 13.0 Å². The highest BCUT2D eigenvalue weighted by Crippen LogP contribution is 2.41. The molecule has 0 aromatic rings. The highest BCUT2D eigenvalue weighted by atomic mass is 19.4. The van der Waals surface area contributed by atoms with Crippen molar-refractivity contribution < 1.29 is 27.4 Å². The van der Waals surface area contributed by atoms with E-state index < -0.39 is 29.4 Å². The molecule has 0 aromatic heterocycles. The molecule has 1 aliphatic rings. The molecule has 1 saturated heterocycles. The molecule has 1 aliphatic heterocycles. The molecule has 0 aromatic carbocycles. The predicted octanol–water partition coefficient (Wildman–Crippen LogP) is 2.61. The first kappa shape index (κ1) is 14.0. The summed E-state index contributed by atoms with van der Waals surface area (Å²) in [4.78, 5) is 11.1. The highest BCUT2D eigenvalue weighted by Gasteiger charge is 2.57. The number of carbonyl (C=O) groups is 1. The molecule has 3 nitrogen and oxygen atoms in total. The minimum atomic E-state index is -4.28. The first-order chi connectivity index (χ1) is 7.70. The molecule has 1 fully saturated rings. The normalized spacial score (nSPS) is 29.1. The zero-order valence-electron chi connectivity index (χ0n) is 9.93. The molecular formula is C11H15F3O3. The third-order valence-electron chi connectivity index (χ3n) is 2.84. The molecule has 0 radical (unpaired) electrons. The molecule has 17 heavy (non-hydrogen) atoms. The van der Waals surface area contributed by atoms with Crippen molar-refractivity contribution in [3.05, 3.63) is 11.6 Å². The van der Waals surface area contributed by atoms with E-state index in [1.807, 2.05) is 0 Å². The zero-order chi connectivity index (χ0) is 13.3. The van der Waals surface area contributed by atoms with Crippen LogP contribution in [0.2, 0.25) is 0 Å². The van der Waals surface area contributed by atoms with Crippen LogP contribution in [-0.2, 0) is 14.3 Å². The Balaban J connectivity index is 2.42. The monoisotopic (exact) mass is 252 g/mol. The maximum atomic E-state index is 12.2. The van der Waals surface area contributed by atoms with Crippen LogP contribution < -0.4 is 0 Å². The number of hydrogen-bond acceptors (Lipinski definition) is 3. The molecule has 0 N–H and O–H groups in total. The van der Waals surface area contributed by atoms with Gasteiger partial charge in [-0.15, -0.1) is 0 Å². The molecular weight excluding hydrogens is 237 g/mol. The quantitative estimate of drug-likeness (QED) is 0.438. The van der Waals surface area contributed by atoms with Crippen molar-refractivity contribution in [2.24, 2.45) is 0 Å². The van der Waals surface area contributed by atoms with Gasteiger partial charge < -0.3 is 9.47 Å². The predicted molar refractivity (Wildman–Crippen MR) is 54.3 cm³/mol. The molecule has 0 bridgehead atoms. The first-order valence-electron chi connectivity index (χ1n) is 5.20. The summed E-state index contributed by atoms with van der Waals surface area (Å²) in [5.41, 5.74) is -1.31. The summed E-state index contributed by atoms with van der Waals surface area (Å²) in [6, 6.07) is 0. The lowest BCUT2D eigenvalue weighted by atomic mass is 10.0. The van der Waals surface area contributed by atoms with Crippen LogP contribution in [0.3, 0.4) is 0 Å². The van der Waals surface area contributed by atoms with Gasteiger partial charge in [0.1, 0.15) is 5.60 Å². The van der Waals surface area contributed by atoms with Gasteiger partial charge in [0.2, 0.25) is 0 Å². The number of alkyl halides is 3. The molecule has 1 rings (SSSR count). The SMILES string of the molecule is COC(=O)[C@H]1O[C@]1(C)CC/C=C(\C)C(F)(F)F. The van der Waals surface area contributed by atoms with Gasteiger partial charge in [-0.1, -0.05) is 6.08 Å². The average Bonchev–Trinajstić information content (AvgIpc) is 2.88. The molecule has 2 atom stereocenters. The van der Waals surface area contributed by atoms with Crippen molar-refractivity contribution in [2.45, 2.75) is 44.6 Å². The van der Waals surface area contributed by atoms with E-state index in [-0.39, 0.29) is 6.42 Å². The van der Waals surface area contributed by atoms with Crippen LogP contribution in [0.15, 0.2) is 11.6 Å². The van der Waals surface area contributed by atoms with Crippen molar-refractivity contribution in [3.63, 3.8) is 0 Å². The number of allylic oxidation sites excluding steroid dienone is 2. The van der Waals surface area contributed by atoms with Gasteiger partial charge in [0.25, 0.3) is 0 Å². The summed E-state index contributed by atoms with van der Waals surface area (Å²) in [5, 5.41) is 0. The number of esters is 1. The number of rotatable bonds is 4. The van der Waals surface area contributed by atoms with Crippen LogP contribution >= 0.6 is 0 Å². The summed E-state index contributed by atoms with van der Waals surface area (Å²) in [6.07, 6.45) is -3.24. The first-order valence-corrected chi connectivity index (χ1v) is 5.20. The Labute approximate surface area is 97.6 Å². The van der Waals surface area contributed by atoms with Crippen LogP contribution in [0.4, 0.5) is 13.2 Å². The Hall–Kier alpha value is -1.04. The molecule has 0 saturated carbocycles. The second-order valence-electron chi connectivity index (χ2n) is 4.26. The number of hydrogen-bond donors (Lipinski definition) is 0. The lowest BCUT2D eigenvalue weighted by Crippen LogP contribution is -2.18. The van der Waals surface area contributed by atoms with Crippen LogP contribution in [0.25, 0.3) is 0 Å². The minimum Gasteiger partial charge on any atom is -0.467 e. The standard InChI is InChI=1S/C11H15F3O3/c1-7(11(12,13)14)5-4-6-10(2)8(17-10)9(15)16-3/h5,8H,4,6H2,1-3H3/b7-5+/t8-,10-/m1/s1. The Morgan fingerprint density at radius 3 is 2.59 bits per heavy atom. The zero-order valence-corrected chi connectivity index (χ0v) is 9.93. The van der Waals surface area contributed by atoms with Gasteiger partial charge in [0, 0.05) is 5.57 Å². The van der Waals surface area contributed by atoms with Gasteiger partial charge in [-0.3, -0.25) is 0 Å². The summed E-state index contributed by atoms with van der Waals surface area (Å²) in [5.74, 6) is -0.482. The molecule has 6 heteroatoms. The molecule has 98 valence electrons. The largest absolute Gasteiger partial charge is 0.467 e. The second kappa shape index (κ2) is 4.68. The fourth-order valence-corrected chi connectivity index (χ4v) is 1.52. The van der Waals surface area contributed by atoms with Gasteiger partial charge in [0.05, 0.1) is 7.11 Å². The van der Waals surface area contributed by atoms with E-state index in [4.69, 9.17) is 4.74 Å². The number of epoxide rings is 1. The van der Waals surface area contributed by atoms with E-state index in [1.165, 1.54) is 7.11 Å². The summed E-state index contributed by atoms with van der Waals surface area (Å²) in [6.45, 7) is 2.71. The van der Waals surface area contributed by atoms with Gasteiger partial charge in [-0.05, 0) is 26.7 Å². The maximum Gasteiger partial charge on any atom is 0.412 e. The van der Waals surface area contributed by atoms with Crippen molar-refractivity contribution in [3.8, 4) is 0 Å². The van der Waals surface area contributed by atoms with Crippen LogP contribution in [0, 0.1) is 0 Å². The van der Waals surface area contributed by atoms with Gasteiger partial charge in [-0.25, -0.2) is 4.79 Å². The molecule has 0 unspecified atom stereocenters. The third kappa shape index (κ3) is 3.46.